The van der Waals surface area contributed by atoms with E-state index in [1.54, 1.807) is 6.20 Å². The maximum atomic E-state index is 9.38. The summed E-state index contributed by atoms with van der Waals surface area (Å²) < 4.78 is 0. The fourth-order valence-corrected chi connectivity index (χ4v) is 3.13. The molecule has 1 saturated heterocycles. The van der Waals surface area contributed by atoms with Gasteiger partial charge in [0.1, 0.15) is 11.7 Å². The minimum absolute atomic E-state index is 0.263. The minimum Gasteiger partial charge on any atom is -0.379 e. The fraction of sp³-hybridized carbons (Fsp3) is 0.500. The van der Waals surface area contributed by atoms with Crippen molar-refractivity contribution in [2.24, 2.45) is 5.84 Å². The molecule has 0 aliphatic carbocycles. The van der Waals surface area contributed by atoms with E-state index in [9.17, 15) is 5.26 Å². The molecule has 1 fully saturated rings. The number of nitrogens with zero attached hydrogens (tertiary/aromatic N) is 4. The largest absolute Gasteiger partial charge is 0.379 e. The van der Waals surface area contributed by atoms with Gasteiger partial charge in [0, 0.05) is 43.5 Å². The van der Waals surface area contributed by atoms with Gasteiger partial charge in [0.25, 0.3) is 0 Å². The highest BCUT2D eigenvalue weighted by molar-refractivity contribution is 5.92. The van der Waals surface area contributed by atoms with Gasteiger partial charge in [-0.15, -0.1) is 0 Å². The van der Waals surface area contributed by atoms with Crippen LogP contribution in [0.25, 0.3) is 11.0 Å². The van der Waals surface area contributed by atoms with Crippen LogP contribution in [0.5, 0.6) is 0 Å². The van der Waals surface area contributed by atoms with Crippen molar-refractivity contribution in [1.29, 1.82) is 5.26 Å². The van der Waals surface area contributed by atoms with Gasteiger partial charge in [-0.25, -0.2) is 9.99 Å². The summed E-state index contributed by atoms with van der Waals surface area (Å²) >= 11 is 0. The topological polar surface area (TPSA) is 97.0 Å². The molecule has 3 rings (SSSR count). The Balaban J connectivity index is 1.79. The van der Waals surface area contributed by atoms with Crippen molar-refractivity contribution in [2.75, 3.05) is 25.0 Å². The van der Waals surface area contributed by atoms with E-state index in [1.807, 2.05) is 17.4 Å². The van der Waals surface area contributed by atoms with Crippen molar-refractivity contribution in [3.63, 3.8) is 0 Å². The molecule has 0 amide bonds. The third-order valence-electron chi connectivity index (χ3n) is 4.27. The van der Waals surface area contributed by atoms with Crippen LogP contribution in [0.15, 0.2) is 18.5 Å². The molecule has 1 atom stereocenters. The molecule has 7 nitrogen and oxygen atoms in total. The molecule has 1 aliphatic heterocycles. The number of pyridine rings is 1. The SMILES string of the molecule is CCCN(N)N1CCC[C@@H](Nc2c(C#N)cnc3[nH]ccc23)C1. The predicted octanol–water partition coefficient (Wildman–Crippen LogP) is 1.81. The number of nitrogens with two attached hydrogens (primary N) is 1. The van der Waals surface area contributed by atoms with Crippen molar-refractivity contribution < 1.29 is 0 Å². The van der Waals surface area contributed by atoms with Crippen LogP contribution in [0.4, 0.5) is 5.69 Å². The van der Waals surface area contributed by atoms with Gasteiger partial charge < -0.3 is 10.3 Å². The van der Waals surface area contributed by atoms with Gasteiger partial charge in [0.2, 0.25) is 0 Å². The summed E-state index contributed by atoms with van der Waals surface area (Å²) in [5.74, 6) is 6.11. The number of fused-ring (bicyclic) bond motifs is 1. The summed E-state index contributed by atoms with van der Waals surface area (Å²) in [7, 11) is 0. The molecule has 0 unspecified atom stereocenters. The molecule has 23 heavy (non-hydrogen) atoms. The summed E-state index contributed by atoms with van der Waals surface area (Å²) in [5, 5.41) is 17.9. The van der Waals surface area contributed by atoms with Gasteiger partial charge in [-0.2, -0.15) is 10.4 Å². The molecule has 0 aromatic carbocycles. The molecule has 0 radical (unpaired) electrons. The van der Waals surface area contributed by atoms with Gasteiger partial charge in [-0.05, 0) is 25.3 Å². The number of hydrogen-bond acceptors (Lipinski definition) is 6. The molecular weight excluding hydrogens is 290 g/mol. The zero-order valence-electron chi connectivity index (χ0n) is 13.4. The second kappa shape index (κ2) is 6.96. The van der Waals surface area contributed by atoms with Crippen molar-refractivity contribution in [3.8, 4) is 6.07 Å². The van der Waals surface area contributed by atoms with Crippen LogP contribution < -0.4 is 11.2 Å². The molecule has 2 aromatic heterocycles. The number of H-pyrrole nitrogens is 1. The highest BCUT2D eigenvalue weighted by Gasteiger charge is 2.24. The van der Waals surface area contributed by atoms with E-state index >= 15 is 0 Å². The van der Waals surface area contributed by atoms with Crippen LogP contribution in [-0.2, 0) is 0 Å². The maximum absolute atomic E-state index is 9.38. The Kier molecular flexibility index (Phi) is 4.76. The van der Waals surface area contributed by atoms with Crippen LogP contribution in [0.1, 0.15) is 31.7 Å². The first-order valence-corrected chi connectivity index (χ1v) is 8.12. The third kappa shape index (κ3) is 3.29. The Hall–Kier alpha value is -2.14. The quantitative estimate of drug-likeness (QED) is 0.575. The van der Waals surface area contributed by atoms with E-state index in [4.69, 9.17) is 5.84 Å². The van der Waals surface area contributed by atoms with Crippen LogP contribution in [0, 0.1) is 11.3 Å². The first-order chi connectivity index (χ1) is 11.2. The molecule has 122 valence electrons. The zero-order valence-corrected chi connectivity index (χ0v) is 13.4. The number of nitrogens with one attached hydrogen (secondary N) is 2. The Morgan fingerprint density at radius 2 is 2.48 bits per heavy atom. The number of piperidine rings is 1. The highest BCUT2D eigenvalue weighted by Crippen LogP contribution is 2.27. The summed E-state index contributed by atoms with van der Waals surface area (Å²) in [6, 6.07) is 4.45. The monoisotopic (exact) mass is 313 g/mol. The lowest BCUT2D eigenvalue weighted by Crippen LogP contribution is -2.54. The number of hydrazine groups is 2. The summed E-state index contributed by atoms with van der Waals surface area (Å²) in [5.41, 5.74) is 2.24. The number of aromatic amines is 1. The smallest absolute Gasteiger partial charge is 0.139 e. The van der Waals surface area contributed by atoms with Crippen LogP contribution in [0.3, 0.4) is 0 Å². The van der Waals surface area contributed by atoms with E-state index in [2.05, 4.69) is 33.3 Å². The van der Waals surface area contributed by atoms with E-state index in [1.165, 1.54) is 0 Å². The standard InChI is InChI=1S/C16H23N7/c1-2-7-23(18)22-8-3-4-13(11-22)21-15-12(9-17)10-20-16-14(15)5-6-19-16/h5-6,10,13H,2-4,7-8,11,18H2,1H3,(H2,19,20,21)/t13-/m1/s1. The van der Waals surface area contributed by atoms with Gasteiger partial charge in [-0.1, -0.05) is 6.92 Å². The van der Waals surface area contributed by atoms with E-state index < -0.39 is 0 Å². The van der Waals surface area contributed by atoms with Crippen molar-refractivity contribution in [1.82, 2.24) is 20.1 Å². The number of hydrogen-bond donors (Lipinski definition) is 3. The second-order valence-corrected chi connectivity index (χ2v) is 5.96. The van der Waals surface area contributed by atoms with Crippen molar-refractivity contribution in [2.45, 2.75) is 32.2 Å². The zero-order chi connectivity index (χ0) is 16.2. The number of nitriles is 1. The van der Waals surface area contributed by atoms with E-state index in [0.717, 1.165) is 55.6 Å². The first kappa shape index (κ1) is 15.7. The molecule has 2 aromatic rings. The lowest BCUT2D eigenvalue weighted by molar-refractivity contribution is -0.0439. The fourth-order valence-electron chi connectivity index (χ4n) is 3.13. The summed E-state index contributed by atoms with van der Waals surface area (Å²) in [6.07, 6.45) is 6.64. The second-order valence-electron chi connectivity index (χ2n) is 5.96. The summed E-state index contributed by atoms with van der Waals surface area (Å²) in [4.78, 5) is 7.37. The summed E-state index contributed by atoms with van der Waals surface area (Å²) in [6.45, 7) is 4.80. The minimum atomic E-state index is 0.263. The number of anilines is 1. The Bertz CT molecular complexity index is 702. The van der Waals surface area contributed by atoms with E-state index in [0.29, 0.717) is 5.56 Å². The van der Waals surface area contributed by atoms with Crippen LogP contribution >= 0.6 is 0 Å². The molecular formula is C16H23N7. The molecule has 0 bridgehead atoms. The van der Waals surface area contributed by atoms with Gasteiger partial charge in [0.15, 0.2) is 0 Å². The molecule has 1 aliphatic rings. The molecule has 4 N–H and O–H groups in total. The lowest BCUT2D eigenvalue weighted by Gasteiger charge is -2.38. The van der Waals surface area contributed by atoms with E-state index in [-0.39, 0.29) is 6.04 Å². The van der Waals surface area contributed by atoms with Crippen LogP contribution in [-0.4, -0.2) is 45.8 Å². The highest BCUT2D eigenvalue weighted by atomic mass is 15.7. The lowest BCUT2D eigenvalue weighted by atomic mass is 10.1. The Labute approximate surface area is 136 Å². The first-order valence-electron chi connectivity index (χ1n) is 8.12. The molecule has 3 heterocycles. The Morgan fingerprint density at radius 3 is 3.26 bits per heavy atom. The van der Waals surface area contributed by atoms with Gasteiger partial charge >= 0.3 is 0 Å². The molecule has 0 saturated carbocycles. The molecule has 7 heteroatoms. The number of aromatic nitrogens is 2. The van der Waals surface area contributed by atoms with Gasteiger partial charge in [0.05, 0.1) is 11.3 Å². The van der Waals surface area contributed by atoms with Crippen molar-refractivity contribution in [3.05, 3.63) is 24.0 Å². The van der Waals surface area contributed by atoms with Gasteiger partial charge in [-0.3, -0.25) is 5.84 Å². The Morgan fingerprint density at radius 1 is 1.61 bits per heavy atom. The van der Waals surface area contributed by atoms with Crippen molar-refractivity contribution >= 4 is 16.7 Å². The number of rotatable bonds is 5. The van der Waals surface area contributed by atoms with Crippen LogP contribution in [0.2, 0.25) is 0 Å². The predicted molar refractivity (Wildman–Crippen MR) is 90.2 cm³/mol. The average Bonchev–Trinajstić information content (AvgIpc) is 3.05. The third-order valence-corrected chi connectivity index (χ3v) is 4.27. The average molecular weight is 313 g/mol. The maximum Gasteiger partial charge on any atom is 0.139 e. The normalized spacial score (nSPS) is 19.1. The molecule has 0 spiro atoms.